The van der Waals surface area contributed by atoms with E-state index < -0.39 is 55.0 Å². The molecule has 39 heavy (non-hydrogen) atoms. The molecule has 3 aromatic rings. The van der Waals surface area contributed by atoms with Gasteiger partial charge in [0.15, 0.2) is 5.78 Å². The Labute approximate surface area is 222 Å². The van der Waals surface area contributed by atoms with Crippen LogP contribution in [0.5, 0.6) is 11.5 Å². The van der Waals surface area contributed by atoms with Crippen LogP contribution in [0, 0.1) is 6.92 Å². The molecule has 0 bridgehead atoms. The summed E-state index contributed by atoms with van der Waals surface area (Å²) in [5.74, 6) is -1.61. The molecule has 1 aliphatic carbocycles. The fourth-order valence-corrected chi connectivity index (χ4v) is 4.97. The van der Waals surface area contributed by atoms with E-state index >= 15 is 0 Å². The van der Waals surface area contributed by atoms with Crippen LogP contribution in [0.2, 0.25) is 0 Å². The second-order valence-electron chi connectivity index (χ2n) is 9.79. The minimum atomic E-state index is -1.78. The van der Waals surface area contributed by atoms with E-state index in [0.717, 1.165) is 0 Å². The van der Waals surface area contributed by atoms with Crippen LogP contribution in [0.3, 0.4) is 0 Å². The molecule has 2 aliphatic rings. The van der Waals surface area contributed by atoms with Crippen molar-refractivity contribution in [2.45, 2.75) is 50.7 Å². The molecule has 12 nitrogen and oxygen atoms in total. The van der Waals surface area contributed by atoms with Gasteiger partial charge in [-0.05, 0) is 49.1 Å². The first-order valence-corrected chi connectivity index (χ1v) is 12.3. The quantitative estimate of drug-likeness (QED) is 0.173. The van der Waals surface area contributed by atoms with Crippen molar-refractivity contribution >= 4 is 28.2 Å². The summed E-state index contributed by atoms with van der Waals surface area (Å²) < 4.78 is 11.4. The molecule has 0 saturated carbocycles. The molecule has 0 unspecified atom stereocenters. The Hall–Kier alpha value is -3.65. The maximum absolute atomic E-state index is 13.9. The third-order valence-electron chi connectivity index (χ3n) is 6.88. The first-order valence-electron chi connectivity index (χ1n) is 12.3. The van der Waals surface area contributed by atoms with Crippen molar-refractivity contribution < 1.29 is 49.7 Å². The highest BCUT2D eigenvalue weighted by Gasteiger charge is 2.46. The lowest BCUT2D eigenvalue weighted by molar-refractivity contribution is -0.277. The van der Waals surface area contributed by atoms with E-state index in [2.05, 4.69) is 10.3 Å². The van der Waals surface area contributed by atoms with Crippen LogP contribution in [-0.2, 0) is 4.74 Å². The summed E-state index contributed by atoms with van der Waals surface area (Å²) in [6.45, 7) is 2.67. The lowest BCUT2D eigenvalue weighted by Gasteiger charge is -2.40. The molecule has 0 radical (unpaired) electrons. The highest BCUT2D eigenvalue weighted by molar-refractivity contribution is 6.34. The highest BCUT2D eigenvalue weighted by atomic mass is 16.7. The number of hydrogen-bond acceptors (Lipinski definition) is 12. The van der Waals surface area contributed by atoms with Crippen LogP contribution in [-0.4, -0.2) is 97.2 Å². The molecular formula is C27H28N2O10. The summed E-state index contributed by atoms with van der Waals surface area (Å²) in [4.78, 5) is 32.0. The molecule has 7 N–H and O–H groups in total. The SMILES string of the molecule is Cc1cc(O)c2c(c1)C(=O)c1c(c(O[C@@H]3O[C@H](CO)[C@@H](O)[C@H](O)[C@H]3O)cc3c(NC[C@H](C)O)nccc13)C2=O. The van der Waals surface area contributed by atoms with Gasteiger partial charge in [-0.15, -0.1) is 0 Å². The standard InChI is InChI=1S/C27H28N2O10/c1-10-5-14-18(15(32)6-10)23(35)20-16(38-27-25(37)24(36)22(34)17(9-30)39-27)7-13-12(19(20)21(14)33)3-4-28-26(13)29-8-11(2)31/h3-7,11,17,22,24-25,27,30-32,34,36-37H,8-9H2,1-2H3,(H,28,29)/t11-,17+,22+,24-,25+,27+/m0/s1. The number of rotatable bonds is 6. The molecule has 2 aromatic carbocycles. The summed E-state index contributed by atoms with van der Waals surface area (Å²) in [6.07, 6.45) is -7.38. The van der Waals surface area contributed by atoms with E-state index in [9.17, 15) is 40.2 Å². The average Bonchev–Trinajstić information content (AvgIpc) is 2.89. The number of aliphatic hydroxyl groups excluding tert-OH is 5. The molecule has 0 amide bonds. The number of phenols is 1. The summed E-state index contributed by atoms with van der Waals surface area (Å²) in [7, 11) is 0. The van der Waals surface area contributed by atoms with Crippen molar-refractivity contribution in [2.24, 2.45) is 0 Å². The van der Waals surface area contributed by atoms with E-state index in [1.807, 2.05) is 0 Å². The topological polar surface area (TPSA) is 199 Å². The van der Waals surface area contributed by atoms with E-state index in [4.69, 9.17) is 9.47 Å². The predicted octanol–water partition coefficient (Wildman–Crippen LogP) is -0.00438. The molecule has 0 spiro atoms. The van der Waals surface area contributed by atoms with E-state index in [1.54, 1.807) is 19.9 Å². The van der Waals surface area contributed by atoms with Gasteiger partial charge in [-0.1, -0.05) is 0 Å². The van der Waals surface area contributed by atoms with Gasteiger partial charge in [0.25, 0.3) is 0 Å². The Morgan fingerprint density at radius 1 is 1.03 bits per heavy atom. The lowest BCUT2D eigenvalue weighted by atomic mass is 9.80. The normalized spacial score (nSPS) is 25.3. The first-order chi connectivity index (χ1) is 18.5. The van der Waals surface area contributed by atoms with Gasteiger partial charge in [-0.3, -0.25) is 9.59 Å². The van der Waals surface area contributed by atoms with Crippen molar-refractivity contribution in [1.29, 1.82) is 0 Å². The number of aromatic nitrogens is 1. The van der Waals surface area contributed by atoms with Crippen molar-refractivity contribution in [1.82, 2.24) is 4.98 Å². The number of phenolic OH excluding ortho intramolecular Hbond substituents is 1. The number of fused-ring (bicyclic) bond motifs is 4. The van der Waals surface area contributed by atoms with Gasteiger partial charge >= 0.3 is 0 Å². The number of nitrogens with zero attached hydrogens (tertiary/aromatic N) is 1. The van der Waals surface area contributed by atoms with Crippen LogP contribution in [0.1, 0.15) is 44.3 Å². The smallest absolute Gasteiger partial charge is 0.229 e. The fourth-order valence-electron chi connectivity index (χ4n) is 4.97. The van der Waals surface area contributed by atoms with Crippen LogP contribution in [0.25, 0.3) is 10.8 Å². The Morgan fingerprint density at radius 2 is 1.77 bits per heavy atom. The number of aryl methyl sites for hydroxylation is 1. The van der Waals surface area contributed by atoms with Crippen molar-refractivity contribution in [3.63, 3.8) is 0 Å². The minimum absolute atomic E-state index is 0.00610. The maximum Gasteiger partial charge on any atom is 0.229 e. The van der Waals surface area contributed by atoms with Gasteiger partial charge in [0.2, 0.25) is 12.1 Å². The number of carbonyl (C=O) groups excluding carboxylic acids is 2. The zero-order valence-corrected chi connectivity index (χ0v) is 21.0. The zero-order chi connectivity index (χ0) is 28.2. The summed E-state index contributed by atoms with van der Waals surface area (Å²) in [6, 6.07) is 5.80. The van der Waals surface area contributed by atoms with Crippen molar-refractivity contribution in [3.05, 3.63) is 58.3 Å². The molecular weight excluding hydrogens is 512 g/mol. The minimum Gasteiger partial charge on any atom is -0.507 e. The number of ether oxygens (including phenoxy) is 2. The number of anilines is 1. The molecule has 1 fully saturated rings. The largest absolute Gasteiger partial charge is 0.507 e. The zero-order valence-electron chi connectivity index (χ0n) is 21.0. The molecule has 6 atom stereocenters. The monoisotopic (exact) mass is 540 g/mol. The predicted molar refractivity (Wildman–Crippen MR) is 136 cm³/mol. The van der Waals surface area contributed by atoms with Crippen LogP contribution in [0.15, 0.2) is 30.5 Å². The third kappa shape index (κ3) is 4.50. The second-order valence-corrected chi connectivity index (χ2v) is 9.79. The average molecular weight is 541 g/mol. The number of ketones is 2. The second kappa shape index (κ2) is 10.2. The van der Waals surface area contributed by atoms with E-state index in [-0.39, 0.29) is 46.1 Å². The first kappa shape index (κ1) is 26.9. The summed E-state index contributed by atoms with van der Waals surface area (Å²) >= 11 is 0. The van der Waals surface area contributed by atoms with Gasteiger partial charge < -0.3 is 45.4 Å². The Morgan fingerprint density at radius 3 is 2.46 bits per heavy atom. The molecule has 1 aliphatic heterocycles. The van der Waals surface area contributed by atoms with E-state index in [1.165, 1.54) is 24.4 Å². The van der Waals surface area contributed by atoms with Crippen LogP contribution >= 0.6 is 0 Å². The van der Waals surface area contributed by atoms with Crippen molar-refractivity contribution in [3.8, 4) is 11.5 Å². The highest BCUT2D eigenvalue weighted by Crippen LogP contribution is 2.43. The molecule has 2 heterocycles. The summed E-state index contributed by atoms with van der Waals surface area (Å²) in [5, 5.41) is 64.6. The molecule has 12 heteroatoms. The van der Waals surface area contributed by atoms with Crippen LogP contribution in [0.4, 0.5) is 5.82 Å². The molecule has 1 saturated heterocycles. The number of hydrogen-bond donors (Lipinski definition) is 7. The van der Waals surface area contributed by atoms with Crippen molar-refractivity contribution in [2.75, 3.05) is 18.5 Å². The van der Waals surface area contributed by atoms with Gasteiger partial charge in [0.1, 0.15) is 41.7 Å². The summed E-state index contributed by atoms with van der Waals surface area (Å²) in [5.41, 5.74) is 0.125. The van der Waals surface area contributed by atoms with Gasteiger partial charge in [0.05, 0.1) is 23.8 Å². The van der Waals surface area contributed by atoms with Gasteiger partial charge in [-0.2, -0.15) is 0 Å². The Bertz CT molecular complexity index is 1470. The number of aromatic hydroxyl groups is 1. The third-order valence-corrected chi connectivity index (χ3v) is 6.88. The molecule has 206 valence electrons. The molecule has 5 rings (SSSR count). The number of aliphatic hydroxyl groups is 5. The Balaban J connectivity index is 1.73. The van der Waals surface area contributed by atoms with Gasteiger partial charge in [0, 0.05) is 29.3 Å². The number of pyridine rings is 1. The number of carbonyl (C=O) groups is 2. The number of benzene rings is 2. The lowest BCUT2D eigenvalue weighted by Crippen LogP contribution is -2.60. The van der Waals surface area contributed by atoms with E-state index in [0.29, 0.717) is 16.3 Å². The van der Waals surface area contributed by atoms with Crippen LogP contribution < -0.4 is 10.1 Å². The Kier molecular flexibility index (Phi) is 7.01. The number of nitrogens with one attached hydrogen (secondary N) is 1. The van der Waals surface area contributed by atoms with Gasteiger partial charge in [-0.25, -0.2) is 4.98 Å². The maximum atomic E-state index is 13.9. The fraction of sp³-hybridized carbons (Fsp3) is 0.370. The molecule has 1 aromatic heterocycles.